The van der Waals surface area contributed by atoms with Gasteiger partial charge >= 0.3 is 0 Å². The van der Waals surface area contributed by atoms with Gasteiger partial charge in [-0.05, 0) is 37.5 Å². The molecule has 4 rings (SSSR count). The van der Waals surface area contributed by atoms with E-state index in [1.54, 1.807) is 5.01 Å². The van der Waals surface area contributed by atoms with Crippen molar-refractivity contribution in [2.24, 2.45) is 5.10 Å². The number of carbonyl (C=O) groups excluding carboxylic acids is 1. The lowest BCUT2D eigenvalue weighted by Crippen LogP contribution is -2.43. The molecule has 1 fully saturated rings. The highest BCUT2D eigenvalue weighted by Crippen LogP contribution is 2.35. The molecule has 2 aromatic rings. The number of ether oxygens (including phenoxy) is 1. The van der Waals surface area contributed by atoms with Crippen LogP contribution in [0.4, 0.5) is 0 Å². The first kappa shape index (κ1) is 19.8. The Bertz CT molecular complexity index is 914. The van der Waals surface area contributed by atoms with E-state index in [9.17, 15) is 4.79 Å². The minimum atomic E-state index is -0.0558. The van der Waals surface area contributed by atoms with Crippen LogP contribution in [0.15, 0.2) is 47.6 Å². The average molecular weight is 392 g/mol. The third-order valence-corrected chi connectivity index (χ3v) is 5.81. The molecule has 2 aromatic carbocycles. The average Bonchev–Trinajstić information content (AvgIpc) is 3.16. The van der Waals surface area contributed by atoms with E-state index >= 15 is 0 Å². The van der Waals surface area contributed by atoms with Crippen LogP contribution in [-0.4, -0.2) is 54.4 Å². The van der Waals surface area contributed by atoms with E-state index in [4.69, 9.17) is 9.84 Å². The standard InChI is InChI=1S/C24H29N3O2/c1-17-5-8-20(9-6-17)22-15-23(21-14-18(2)4-7-19(21)3)27(25-22)24(28)16-26-10-12-29-13-11-26/h4-9,14,23H,10-13,15-16H2,1-3H3. The van der Waals surface area contributed by atoms with E-state index in [2.05, 4.69) is 68.1 Å². The van der Waals surface area contributed by atoms with E-state index < -0.39 is 0 Å². The molecule has 0 spiro atoms. The lowest BCUT2D eigenvalue weighted by atomic mass is 9.93. The Kier molecular flexibility index (Phi) is 5.79. The second-order valence-corrected chi connectivity index (χ2v) is 8.12. The molecular weight excluding hydrogens is 362 g/mol. The smallest absolute Gasteiger partial charge is 0.257 e. The second-order valence-electron chi connectivity index (χ2n) is 8.12. The second kappa shape index (κ2) is 8.47. The minimum Gasteiger partial charge on any atom is -0.379 e. The Morgan fingerprint density at radius 2 is 1.72 bits per heavy atom. The van der Waals surface area contributed by atoms with Crippen LogP contribution in [0.3, 0.4) is 0 Å². The number of benzene rings is 2. The molecule has 0 saturated carbocycles. The predicted molar refractivity (Wildman–Crippen MR) is 115 cm³/mol. The van der Waals surface area contributed by atoms with Crippen molar-refractivity contribution in [3.05, 3.63) is 70.3 Å². The third kappa shape index (κ3) is 4.41. The predicted octanol–water partition coefficient (Wildman–Crippen LogP) is 3.62. The molecule has 29 heavy (non-hydrogen) atoms. The molecule has 1 atom stereocenters. The van der Waals surface area contributed by atoms with Crippen molar-refractivity contribution < 1.29 is 9.53 Å². The molecule has 0 radical (unpaired) electrons. The lowest BCUT2D eigenvalue weighted by Gasteiger charge is -2.29. The highest BCUT2D eigenvalue weighted by molar-refractivity contribution is 6.03. The van der Waals surface area contributed by atoms with Crippen LogP contribution in [0.25, 0.3) is 0 Å². The zero-order valence-corrected chi connectivity index (χ0v) is 17.5. The van der Waals surface area contributed by atoms with Gasteiger partial charge in [-0.25, -0.2) is 5.01 Å². The van der Waals surface area contributed by atoms with Gasteiger partial charge in [0.2, 0.25) is 0 Å². The molecular formula is C24H29N3O2. The fraction of sp³-hybridized carbons (Fsp3) is 0.417. The summed E-state index contributed by atoms with van der Waals surface area (Å²) in [6.45, 7) is 9.64. The maximum Gasteiger partial charge on any atom is 0.257 e. The Balaban J connectivity index is 1.64. The highest BCUT2D eigenvalue weighted by Gasteiger charge is 2.34. The van der Waals surface area contributed by atoms with Crippen LogP contribution in [-0.2, 0) is 9.53 Å². The number of carbonyl (C=O) groups is 1. The number of hydrazone groups is 1. The van der Waals surface area contributed by atoms with E-state index in [1.807, 2.05) is 0 Å². The Morgan fingerprint density at radius 3 is 2.45 bits per heavy atom. The molecule has 5 nitrogen and oxygen atoms in total. The molecule has 1 saturated heterocycles. The Morgan fingerprint density at radius 1 is 1.03 bits per heavy atom. The highest BCUT2D eigenvalue weighted by atomic mass is 16.5. The van der Waals surface area contributed by atoms with E-state index in [0.29, 0.717) is 19.8 Å². The molecule has 0 aliphatic carbocycles. The third-order valence-electron chi connectivity index (χ3n) is 5.81. The van der Waals surface area contributed by atoms with Crippen molar-refractivity contribution in [1.82, 2.24) is 9.91 Å². The van der Waals surface area contributed by atoms with Gasteiger partial charge in [-0.1, -0.05) is 53.6 Å². The number of aryl methyl sites for hydroxylation is 3. The molecule has 0 aromatic heterocycles. The zero-order chi connectivity index (χ0) is 20.4. The fourth-order valence-electron chi connectivity index (χ4n) is 4.04. The van der Waals surface area contributed by atoms with Gasteiger partial charge < -0.3 is 4.74 Å². The van der Waals surface area contributed by atoms with Crippen LogP contribution in [0.5, 0.6) is 0 Å². The van der Waals surface area contributed by atoms with Gasteiger partial charge in [0.15, 0.2) is 0 Å². The first-order chi connectivity index (χ1) is 14.0. The minimum absolute atomic E-state index is 0.0555. The lowest BCUT2D eigenvalue weighted by molar-refractivity contribution is -0.135. The summed E-state index contributed by atoms with van der Waals surface area (Å²) in [5.41, 5.74) is 6.88. The Hall–Kier alpha value is -2.50. The van der Waals surface area contributed by atoms with Crippen LogP contribution in [0, 0.1) is 20.8 Å². The van der Waals surface area contributed by atoms with Gasteiger partial charge in [0.05, 0.1) is 31.5 Å². The summed E-state index contributed by atoms with van der Waals surface area (Å²) in [4.78, 5) is 15.4. The molecule has 0 bridgehead atoms. The summed E-state index contributed by atoms with van der Waals surface area (Å²) in [5.74, 6) is 0.0555. The van der Waals surface area contributed by atoms with E-state index in [0.717, 1.165) is 30.8 Å². The van der Waals surface area contributed by atoms with Crippen LogP contribution < -0.4 is 0 Å². The summed E-state index contributed by atoms with van der Waals surface area (Å²) < 4.78 is 5.42. The van der Waals surface area contributed by atoms with Crippen molar-refractivity contribution in [3.63, 3.8) is 0 Å². The molecule has 0 N–H and O–H groups in total. The number of hydrogen-bond donors (Lipinski definition) is 0. The van der Waals surface area contributed by atoms with Crippen molar-refractivity contribution in [2.45, 2.75) is 33.2 Å². The normalized spacial score (nSPS) is 20.0. The van der Waals surface area contributed by atoms with Gasteiger partial charge in [0.1, 0.15) is 0 Å². The van der Waals surface area contributed by atoms with Crippen molar-refractivity contribution in [3.8, 4) is 0 Å². The van der Waals surface area contributed by atoms with E-state index in [-0.39, 0.29) is 11.9 Å². The topological polar surface area (TPSA) is 45.1 Å². The van der Waals surface area contributed by atoms with E-state index in [1.165, 1.54) is 22.3 Å². The molecule has 1 amide bonds. The number of morpholine rings is 1. The zero-order valence-electron chi connectivity index (χ0n) is 17.5. The summed E-state index contributed by atoms with van der Waals surface area (Å²) in [6, 6.07) is 14.8. The SMILES string of the molecule is Cc1ccc(C2=NN(C(=O)CN3CCOCC3)C(c3cc(C)ccc3C)C2)cc1. The first-order valence-electron chi connectivity index (χ1n) is 10.3. The van der Waals surface area contributed by atoms with Crippen LogP contribution in [0.1, 0.15) is 40.3 Å². The first-order valence-corrected chi connectivity index (χ1v) is 10.3. The molecule has 2 aliphatic rings. The molecule has 152 valence electrons. The van der Waals surface area contributed by atoms with Crippen molar-refractivity contribution in [1.29, 1.82) is 0 Å². The largest absolute Gasteiger partial charge is 0.379 e. The van der Waals surface area contributed by atoms with Crippen molar-refractivity contribution in [2.75, 3.05) is 32.8 Å². The van der Waals surface area contributed by atoms with Crippen molar-refractivity contribution >= 4 is 11.6 Å². The molecule has 2 heterocycles. The Labute approximate surface area is 173 Å². The maximum absolute atomic E-state index is 13.3. The summed E-state index contributed by atoms with van der Waals surface area (Å²) >= 11 is 0. The maximum atomic E-state index is 13.3. The van der Waals surface area contributed by atoms with Crippen LogP contribution >= 0.6 is 0 Å². The monoisotopic (exact) mass is 391 g/mol. The molecule has 5 heteroatoms. The summed E-state index contributed by atoms with van der Waals surface area (Å²) in [7, 11) is 0. The fourth-order valence-corrected chi connectivity index (χ4v) is 4.04. The van der Waals surface area contributed by atoms with Gasteiger partial charge in [-0.3, -0.25) is 9.69 Å². The molecule has 1 unspecified atom stereocenters. The van der Waals surface area contributed by atoms with Gasteiger partial charge in [-0.15, -0.1) is 0 Å². The summed E-state index contributed by atoms with van der Waals surface area (Å²) in [6.07, 6.45) is 0.738. The number of rotatable bonds is 4. The van der Waals surface area contributed by atoms with Gasteiger partial charge in [-0.2, -0.15) is 5.10 Å². The number of hydrogen-bond acceptors (Lipinski definition) is 4. The quantitative estimate of drug-likeness (QED) is 0.800. The number of amides is 1. The van der Waals surface area contributed by atoms with Gasteiger partial charge in [0, 0.05) is 19.5 Å². The number of nitrogens with zero attached hydrogens (tertiary/aromatic N) is 3. The van der Waals surface area contributed by atoms with Gasteiger partial charge in [0.25, 0.3) is 5.91 Å². The van der Waals surface area contributed by atoms with Crippen LogP contribution in [0.2, 0.25) is 0 Å². The summed E-state index contributed by atoms with van der Waals surface area (Å²) in [5, 5.41) is 6.55. The molecule has 2 aliphatic heterocycles.